The van der Waals surface area contributed by atoms with E-state index >= 15 is 0 Å². The van der Waals surface area contributed by atoms with Crippen LogP contribution in [0.5, 0.6) is 0 Å². The van der Waals surface area contributed by atoms with Crippen LogP contribution in [0.3, 0.4) is 0 Å². The first-order valence-corrected chi connectivity index (χ1v) is 8.68. The van der Waals surface area contributed by atoms with Crippen LogP contribution in [0.25, 0.3) is 0 Å². The van der Waals surface area contributed by atoms with Crippen molar-refractivity contribution in [3.63, 3.8) is 0 Å². The lowest BCUT2D eigenvalue weighted by molar-refractivity contribution is 0.0602. The number of rotatable bonds is 6. The summed E-state index contributed by atoms with van der Waals surface area (Å²) in [5, 5.41) is 10.7. The molecular formula is C14H15NO5S2. The Kier molecular flexibility index (Phi) is 5.17. The molecule has 0 saturated heterocycles. The van der Waals surface area contributed by atoms with E-state index in [1.165, 1.54) is 18.6 Å². The summed E-state index contributed by atoms with van der Waals surface area (Å²) in [7, 11) is -2.78. The molecule has 1 N–H and O–H groups in total. The third-order valence-electron chi connectivity index (χ3n) is 2.92. The van der Waals surface area contributed by atoms with Crippen LogP contribution >= 0.6 is 11.3 Å². The average molecular weight is 341 g/mol. The van der Waals surface area contributed by atoms with Crippen LogP contribution in [0.15, 0.2) is 46.7 Å². The van der Waals surface area contributed by atoms with Gasteiger partial charge in [-0.1, -0.05) is 18.2 Å². The van der Waals surface area contributed by atoms with Crippen molar-refractivity contribution in [3.8, 4) is 0 Å². The van der Waals surface area contributed by atoms with Crippen LogP contribution in [0.2, 0.25) is 0 Å². The highest BCUT2D eigenvalue weighted by Crippen LogP contribution is 2.29. The number of benzene rings is 1. The van der Waals surface area contributed by atoms with Crippen molar-refractivity contribution in [2.75, 3.05) is 24.6 Å². The van der Waals surface area contributed by atoms with E-state index in [4.69, 9.17) is 0 Å². The molecule has 0 bridgehead atoms. The van der Waals surface area contributed by atoms with Gasteiger partial charge in [0.05, 0.1) is 25.9 Å². The van der Waals surface area contributed by atoms with Crippen molar-refractivity contribution < 1.29 is 23.1 Å². The maximum absolute atomic E-state index is 12.8. The SMILES string of the molecule is COC(=O)c1sccc1S(=O)(=O)N(CCO)c1ccccc1. The standard InChI is InChI=1S/C14H15NO5S2/c1-20-14(17)13-12(7-10-21-13)22(18,19)15(8-9-16)11-5-3-2-4-6-11/h2-7,10,16H,8-9H2,1H3. The van der Waals surface area contributed by atoms with Crippen molar-refractivity contribution in [1.82, 2.24) is 0 Å². The summed E-state index contributed by atoms with van der Waals surface area (Å²) in [6.45, 7) is -0.450. The van der Waals surface area contributed by atoms with E-state index in [0.717, 1.165) is 15.6 Å². The molecule has 2 aromatic rings. The van der Waals surface area contributed by atoms with E-state index in [2.05, 4.69) is 4.74 Å². The first kappa shape index (κ1) is 16.5. The molecule has 0 amide bonds. The normalized spacial score (nSPS) is 11.2. The number of esters is 1. The quantitative estimate of drug-likeness (QED) is 0.809. The Morgan fingerprint density at radius 1 is 1.27 bits per heavy atom. The number of aliphatic hydroxyl groups excluding tert-OH is 1. The van der Waals surface area contributed by atoms with Crippen molar-refractivity contribution in [2.24, 2.45) is 0 Å². The van der Waals surface area contributed by atoms with E-state index in [-0.39, 0.29) is 22.9 Å². The molecule has 0 spiro atoms. The smallest absolute Gasteiger partial charge is 0.349 e. The van der Waals surface area contributed by atoms with Crippen LogP contribution in [-0.4, -0.2) is 39.8 Å². The van der Waals surface area contributed by atoms with Gasteiger partial charge in [0, 0.05) is 0 Å². The predicted molar refractivity (Wildman–Crippen MR) is 83.7 cm³/mol. The van der Waals surface area contributed by atoms with Gasteiger partial charge in [0.2, 0.25) is 0 Å². The Labute approximate surface area is 132 Å². The molecule has 22 heavy (non-hydrogen) atoms. The Morgan fingerprint density at radius 2 is 1.95 bits per heavy atom. The lowest BCUT2D eigenvalue weighted by Crippen LogP contribution is -2.34. The Balaban J connectivity index is 2.52. The lowest BCUT2D eigenvalue weighted by Gasteiger charge is -2.23. The maximum atomic E-state index is 12.8. The molecule has 0 aliphatic rings. The molecule has 8 heteroatoms. The first-order valence-electron chi connectivity index (χ1n) is 6.37. The number of carbonyl (C=O) groups excluding carboxylic acids is 1. The summed E-state index contributed by atoms with van der Waals surface area (Å²) in [5.74, 6) is -0.703. The number of nitrogens with zero attached hydrogens (tertiary/aromatic N) is 1. The van der Waals surface area contributed by atoms with Gasteiger partial charge in [-0.25, -0.2) is 13.2 Å². The topological polar surface area (TPSA) is 83.9 Å². The molecule has 0 radical (unpaired) electrons. The molecule has 1 heterocycles. The number of thiophene rings is 1. The van der Waals surface area contributed by atoms with Crippen LogP contribution in [0, 0.1) is 0 Å². The second-order valence-electron chi connectivity index (χ2n) is 4.24. The van der Waals surface area contributed by atoms with Gasteiger partial charge in [0.15, 0.2) is 0 Å². The lowest BCUT2D eigenvalue weighted by atomic mass is 10.3. The average Bonchev–Trinajstić information content (AvgIpc) is 3.03. The molecule has 2 rings (SSSR count). The van der Waals surface area contributed by atoms with Gasteiger partial charge in [0.1, 0.15) is 9.77 Å². The first-order chi connectivity index (χ1) is 10.5. The Hall–Kier alpha value is -1.90. The molecule has 1 aromatic carbocycles. The number of sulfonamides is 1. The van der Waals surface area contributed by atoms with Gasteiger partial charge >= 0.3 is 5.97 Å². The number of carbonyl (C=O) groups is 1. The molecule has 118 valence electrons. The largest absolute Gasteiger partial charge is 0.465 e. The molecule has 0 aliphatic carbocycles. The minimum Gasteiger partial charge on any atom is -0.465 e. The molecule has 0 aliphatic heterocycles. The fraction of sp³-hybridized carbons (Fsp3) is 0.214. The number of ether oxygens (including phenoxy) is 1. The summed E-state index contributed by atoms with van der Waals surface area (Å²) in [6, 6.07) is 9.76. The van der Waals surface area contributed by atoms with E-state index in [1.807, 2.05) is 0 Å². The third kappa shape index (κ3) is 3.13. The number of hydrogen-bond acceptors (Lipinski definition) is 6. The summed E-state index contributed by atoms with van der Waals surface area (Å²) in [4.78, 5) is 11.6. The van der Waals surface area contributed by atoms with Crippen molar-refractivity contribution in [1.29, 1.82) is 0 Å². The third-order valence-corrected chi connectivity index (χ3v) is 5.81. The second kappa shape index (κ2) is 6.91. The summed E-state index contributed by atoms with van der Waals surface area (Å²) in [6.07, 6.45) is 0. The van der Waals surface area contributed by atoms with E-state index in [0.29, 0.717) is 5.69 Å². The molecular weight excluding hydrogens is 326 g/mol. The minimum atomic E-state index is -3.98. The monoisotopic (exact) mass is 341 g/mol. The van der Waals surface area contributed by atoms with E-state index in [1.54, 1.807) is 30.3 Å². The fourth-order valence-electron chi connectivity index (χ4n) is 1.93. The number of aliphatic hydroxyl groups is 1. The van der Waals surface area contributed by atoms with Crippen molar-refractivity contribution in [2.45, 2.75) is 4.90 Å². The van der Waals surface area contributed by atoms with Crippen molar-refractivity contribution in [3.05, 3.63) is 46.7 Å². The molecule has 0 fully saturated rings. The van der Waals surface area contributed by atoms with Gasteiger partial charge in [0.25, 0.3) is 10.0 Å². The van der Waals surface area contributed by atoms with Gasteiger partial charge in [-0.15, -0.1) is 11.3 Å². The Bertz CT molecular complexity index is 740. The predicted octanol–water partition coefficient (Wildman–Crippen LogP) is 1.72. The van der Waals surface area contributed by atoms with Crippen LogP contribution in [0.4, 0.5) is 5.69 Å². The zero-order chi connectivity index (χ0) is 16.2. The summed E-state index contributed by atoms with van der Waals surface area (Å²) in [5.41, 5.74) is 0.415. The van der Waals surface area contributed by atoms with E-state index < -0.39 is 16.0 Å². The highest BCUT2D eigenvalue weighted by Gasteiger charge is 2.30. The van der Waals surface area contributed by atoms with Crippen LogP contribution in [-0.2, 0) is 14.8 Å². The number of para-hydroxylation sites is 1. The number of methoxy groups -OCH3 is 1. The minimum absolute atomic E-state index is 0.0152. The van der Waals surface area contributed by atoms with Gasteiger partial charge in [-0.2, -0.15) is 0 Å². The number of anilines is 1. The van der Waals surface area contributed by atoms with Gasteiger partial charge in [-0.05, 0) is 23.6 Å². The van der Waals surface area contributed by atoms with Gasteiger partial charge < -0.3 is 9.84 Å². The van der Waals surface area contributed by atoms with Crippen LogP contribution < -0.4 is 4.31 Å². The second-order valence-corrected chi connectivity index (χ2v) is 6.99. The molecule has 6 nitrogen and oxygen atoms in total. The van der Waals surface area contributed by atoms with Crippen LogP contribution in [0.1, 0.15) is 9.67 Å². The zero-order valence-electron chi connectivity index (χ0n) is 11.8. The summed E-state index contributed by atoms with van der Waals surface area (Å²) >= 11 is 0.997. The van der Waals surface area contributed by atoms with Gasteiger partial charge in [-0.3, -0.25) is 4.31 Å². The molecule has 0 atom stereocenters. The highest BCUT2D eigenvalue weighted by atomic mass is 32.2. The number of hydrogen-bond donors (Lipinski definition) is 1. The highest BCUT2D eigenvalue weighted by molar-refractivity contribution is 7.93. The summed E-state index contributed by atoms with van der Waals surface area (Å²) < 4.78 is 31.4. The molecule has 1 aromatic heterocycles. The fourth-order valence-corrected chi connectivity index (χ4v) is 4.70. The Morgan fingerprint density at radius 3 is 2.55 bits per heavy atom. The maximum Gasteiger partial charge on any atom is 0.349 e. The molecule has 0 saturated carbocycles. The zero-order valence-corrected chi connectivity index (χ0v) is 13.4. The van der Waals surface area contributed by atoms with E-state index in [9.17, 15) is 18.3 Å². The van der Waals surface area contributed by atoms with Crippen molar-refractivity contribution >= 4 is 33.0 Å². The molecule has 0 unspecified atom stereocenters.